The molecule has 4 nitrogen and oxygen atoms in total. The van der Waals surface area contributed by atoms with Crippen LogP contribution in [0.1, 0.15) is 51.1 Å². The summed E-state index contributed by atoms with van der Waals surface area (Å²) in [5, 5.41) is 5.67. The van der Waals surface area contributed by atoms with Crippen molar-refractivity contribution < 1.29 is 4.79 Å². The number of imidazole rings is 1. The minimum Gasteiger partial charge on any atom is -0.350 e. The molecule has 0 radical (unpaired) electrons. The molecule has 0 aromatic carbocycles. The van der Waals surface area contributed by atoms with Crippen molar-refractivity contribution in [3.63, 3.8) is 0 Å². The van der Waals surface area contributed by atoms with E-state index in [1.165, 1.54) is 49.9 Å². The average Bonchev–Trinajstić information content (AvgIpc) is 3.12. The zero-order chi connectivity index (χ0) is 17.9. The smallest absolute Gasteiger partial charge is 0.244 e. The largest absolute Gasteiger partial charge is 0.350 e. The van der Waals surface area contributed by atoms with Crippen molar-refractivity contribution in [1.82, 2.24) is 14.7 Å². The van der Waals surface area contributed by atoms with Crippen molar-refractivity contribution in [2.75, 3.05) is 0 Å². The van der Waals surface area contributed by atoms with E-state index in [1.807, 2.05) is 16.0 Å². The summed E-state index contributed by atoms with van der Waals surface area (Å²) in [6.45, 7) is 2.21. The van der Waals surface area contributed by atoms with E-state index in [1.54, 1.807) is 12.2 Å². The van der Waals surface area contributed by atoms with Crippen molar-refractivity contribution in [2.24, 2.45) is 23.2 Å². The molecule has 0 spiro atoms. The first kappa shape index (κ1) is 16.8. The third-order valence-corrected chi connectivity index (χ3v) is 8.04. The lowest BCUT2D eigenvalue weighted by Crippen LogP contribution is -2.55. The lowest BCUT2D eigenvalue weighted by Gasteiger charge is -2.59. The number of hydrogen-bond acceptors (Lipinski definition) is 3. The van der Waals surface area contributed by atoms with Crippen LogP contribution in [0.4, 0.5) is 0 Å². The third-order valence-electron chi connectivity index (χ3n) is 7.01. The van der Waals surface area contributed by atoms with Gasteiger partial charge in [-0.2, -0.15) is 0 Å². The number of rotatable bonds is 4. The van der Waals surface area contributed by atoms with Gasteiger partial charge in [0.1, 0.15) is 0 Å². The van der Waals surface area contributed by atoms with E-state index >= 15 is 0 Å². The molecule has 4 aliphatic rings. The first-order valence-corrected chi connectivity index (χ1v) is 10.9. The second-order valence-electron chi connectivity index (χ2n) is 8.69. The van der Waals surface area contributed by atoms with Crippen LogP contribution in [0.15, 0.2) is 17.7 Å². The predicted octanol–water partition coefficient (Wildman–Crippen LogP) is 4.78. The van der Waals surface area contributed by atoms with Crippen LogP contribution >= 0.6 is 22.9 Å². The van der Waals surface area contributed by atoms with E-state index in [2.05, 4.69) is 17.2 Å². The highest BCUT2D eigenvalue weighted by Gasteiger charge is 2.53. The van der Waals surface area contributed by atoms with E-state index in [9.17, 15) is 4.79 Å². The topological polar surface area (TPSA) is 46.4 Å². The minimum atomic E-state index is -0.0329. The maximum atomic E-state index is 12.6. The second-order valence-corrected chi connectivity index (χ2v) is 9.92. The standard InChI is InChI=1S/C20H24ClN3OS/c1-12(20-9-13-6-14(10-20)8-15(7-13)11-20)22-17(25)3-2-16-18(21)23-19-24(16)4-5-26-19/h2-5,12-15H,6-11H2,1H3,(H,22,25). The fraction of sp³-hybridized carbons (Fsp3) is 0.600. The predicted molar refractivity (Wildman–Crippen MR) is 105 cm³/mol. The Hall–Kier alpha value is -1.33. The van der Waals surface area contributed by atoms with Gasteiger partial charge in [0, 0.05) is 23.7 Å². The lowest BCUT2D eigenvalue weighted by molar-refractivity contribution is -0.121. The molecular weight excluding hydrogens is 366 g/mol. The van der Waals surface area contributed by atoms with Gasteiger partial charge < -0.3 is 5.32 Å². The molecule has 4 aliphatic carbocycles. The number of carbonyl (C=O) groups is 1. The highest BCUT2D eigenvalue weighted by atomic mass is 35.5. The molecule has 4 fully saturated rings. The van der Waals surface area contributed by atoms with Crippen molar-refractivity contribution in [2.45, 2.75) is 51.5 Å². The Morgan fingerprint density at radius 2 is 2.00 bits per heavy atom. The van der Waals surface area contributed by atoms with Crippen molar-refractivity contribution in [3.8, 4) is 0 Å². The molecule has 1 N–H and O–H groups in total. The monoisotopic (exact) mass is 389 g/mol. The van der Waals surface area contributed by atoms with Crippen LogP contribution in [0, 0.1) is 23.2 Å². The number of carbonyl (C=O) groups excluding carboxylic acids is 1. The number of aromatic nitrogens is 2. The summed E-state index contributed by atoms with van der Waals surface area (Å²) < 4.78 is 1.92. The number of nitrogens with one attached hydrogen (secondary N) is 1. The summed E-state index contributed by atoms with van der Waals surface area (Å²) in [5.74, 6) is 2.66. The summed E-state index contributed by atoms with van der Waals surface area (Å²) in [6.07, 6.45) is 13.5. The summed E-state index contributed by atoms with van der Waals surface area (Å²) in [5.41, 5.74) is 1.09. The van der Waals surface area contributed by atoms with Gasteiger partial charge in [0.05, 0.1) is 5.69 Å². The van der Waals surface area contributed by atoms with Gasteiger partial charge in [-0.25, -0.2) is 4.98 Å². The quantitative estimate of drug-likeness (QED) is 0.764. The Kier molecular flexibility index (Phi) is 3.94. The number of fused-ring (bicyclic) bond motifs is 1. The summed E-state index contributed by atoms with van der Waals surface area (Å²) >= 11 is 7.73. The van der Waals surface area contributed by atoms with Crippen molar-refractivity contribution in [3.05, 3.63) is 28.5 Å². The number of nitrogens with zero attached hydrogens (tertiary/aromatic N) is 2. The first-order valence-electron chi connectivity index (χ1n) is 9.62. The fourth-order valence-electron chi connectivity index (χ4n) is 6.20. The Morgan fingerprint density at radius 3 is 2.65 bits per heavy atom. The van der Waals surface area contributed by atoms with Crippen molar-refractivity contribution >= 4 is 39.9 Å². The van der Waals surface area contributed by atoms with Crippen LogP contribution in [-0.4, -0.2) is 21.3 Å². The summed E-state index contributed by atoms with van der Waals surface area (Å²) in [7, 11) is 0. The fourth-order valence-corrected chi connectivity index (χ4v) is 7.21. The van der Waals surface area contributed by atoms with E-state index in [4.69, 9.17) is 11.6 Å². The molecular formula is C20H24ClN3OS. The Morgan fingerprint density at radius 1 is 1.35 bits per heavy atom. The maximum Gasteiger partial charge on any atom is 0.244 e. The second kappa shape index (κ2) is 6.10. The van der Waals surface area contributed by atoms with Gasteiger partial charge in [-0.3, -0.25) is 9.20 Å². The molecule has 4 saturated carbocycles. The van der Waals surface area contributed by atoms with Gasteiger partial charge >= 0.3 is 0 Å². The molecule has 1 unspecified atom stereocenters. The molecule has 1 atom stereocenters. The van der Waals surface area contributed by atoms with Crippen LogP contribution in [0.25, 0.3) is 11.0 Å². The molecule has 2 aromatic heterocycles. The molecule has 6 rings (SSSR count). The van der Waals surface area contributed by atoms with Crippen LogP contribution < -0.4 is 5.32 Å². The molecule has 2 heterocycles. The van der Waals surface area contributed by atoms with Crippen molar-refractivity contribution in [1.29, 1.82) is 0 Å². The van der Waals surface area contributed by atoms with Crippen LogP contribution in [0.5, 0.6) is 0 Å². The number of thiazole rings is 1. The molecule has 0 saturated heterocycles. The van der Waals surface area contributed by atoms with Gasteiger partial charge in [-0.05, 0) is 74.7 Å². The van der Waals surface area contributed by atoms with Gasteiger partial charge in [-0.1, -0.05) is 11.6 Å². The highest BCUT2D eigenvalue weighted by Crippen LogP contribution is 2.61. The van der Waals surface area contributed by atoms with Gasteiger partial charge in [0.25, 0.3) is 0 Å². The molecule has 2 aromatic rings. The normalized spacial score (nSPS) is 34.0. The third kappa shape index (κ3) is 2.71. The molecule has 138 valence electrons. The zero-order valence-electron chi connectivity index (χ0n) is 15.0. The molecule has 26 heavy (non-hydrogen) atoms. The van der Waals surface area contributed by atoms with E-state index in [0.29, 0.717) is 10.6 Å². The number of halogens is 1. The molecule has 6 heteroatoms. The molecule has 1 amide bonds. The Bertz CT molecular complexity index is 848. The van der Waals surface area contributed by atoms with Gasteiger partial charge in [0.15, 0.2) is 10.1 Å². The summed E-state index contributed by atoms with van der Waals surface area (Å²) in [6, 6.07) is 0.232. The number of amides is 1. The number of hydrogen-bond donors (Lipinski definition) is 1. The highest BCUT2D eigenvalue weighted by molar-refractivity contribution is 7.15. The zero-order valence-corrected chi connectivity index (χ0v) is 16.5. The van der Waals surface area contributed by atoms with E-state index in [-0.39, 0.29) is 11.9 Å². The SMILES string of the molecule is CC(NC(=O)C=Cc1c(Cl)nc2sccn12)C12CC3CC(CC(C3)C1)C2. The molecule has 0 aliphatic heterocycles. The lowest BCUT2D eigenvalue weighted by atomic mass is 9.48. The van der Waals surface area contributed by atoms with E-state index < -0.39 is 0 Å². The molecule has 4 bridgehead atoms. The maximum absolute atomic E-state index is 12.6. The summed E-state index contributed by atoms with van der Waals surface area (Å²) in [4.78, 5) is 17.7. The van der Waals surface area contributed by atoms with Gasteiger partial charge in [0.2, 0.25) is 5.91 Å². The Balaban J connectivity index is 1.30. The minimum absolute atomic E-state index is 0.0329. The average molecular weight is 390 g/mol. The van der Waals surface area contributed by atoms with Crippen LogP contribution in [-0.2, 0) is 4.79 Å². The first-order chi connectivity index (χ1) is 12.5. The van der Waals surface area contributed by atoms with E-state index in [0.717, 1.165) is 28.4 Å². The van der Waals surface area contributed by atoms with Crippen LogP contribution in [0.3, 0.4) is 0 Å². The van der Waals surface area contributed by atoms with Crippen LogP contribution in [0.2, 0.25) is 5.15 Å². The van der Waals surface area contributed by atoms with Gasteiger partial charge in [-0.15, -0.1) is 11.3 Å². The Labute approximate surface area is 162 Å².